The van der Waals surface area contributed by atoms with E-state index in [9.17, 15) is 9.59 Å². The van der Waals surface area contributed by atoms with Gasteiger partial charge in [-0.25, -0.2) is 4.79 Å². The summed E-state index contributed by atoms with van der Waals surface area (Å²) < 4.78 is 9.65. The quantitative estimate of drug-likeness (QED) is 0.734. The fourth-order valence-corrected chi connectivity index (χ4v) is 1.36. The second kappa shape index (κ2) is 6.75. The number of carboxylic acids is 1. The maximum absolute atomic E-state index is 11.7. The molecule has 0 aliphatic rings. The number of nitrogens with zero attached hydrogens (tertiary/aromatic N) is 1. The van der Waals surface area contributed by atoms with Gasteiger partial charge in [-0.15, -0.1) is 0 Å². The summed E-state index contributed by atoms with van der Waals surface area (Å²) in [6.45, 7) is 1.86. The molecule has 1 unspecified atom stereocenters. The lowest BCUT2D eigenvalue weighted by Gasteiger charge is -2.11. The second-order valence-corrected chi connectivity index (χ2v) is 3.75. The van der Waals surface area contributed by atoms with Crippen molar-refractivity contribution in [2.75, 3.05) is 13.7 Å². The Morgan fingerprint density at radius 2 is 2.33 bits per heavy atom. The number of methoxy groups -OCH3 is 1. The molecular formula is C11H16N2O5. The molecule has 1 rings (SSSR count). The van der Waals surface area contributed by atoms with Gasteiger partial charge in [0.25, 0.3) is 5.91 Å². The Hall–Kier alpha value is -1.89. The number of carbonyl (C=O) groups excluding carboxylic acids is 1. The molecule has 1 amide bonds. The van der Waals surface area contributed by atoms with Crippen molar-refractivity contribution < 1.29 is 24.0 Å². The third kappa shape index (κ3) is 3.85. The van der Waals surface area contributed by atoms with Gasteiger partial charge < -0.3 is 19.7 Å². The molecule has 0 saturated heterocycles. The van der Waals surface area contributed by atoms with Gasteiger partial charge >= 0.3 is 5.97 Å². The monoisotopic (exact) mass is 256 g/mol. The lowest BCUT2D eigenvalue weighted by Crippen LogP contribution is -2.43. The van der Waals surface area contributed by atoms with Crippen LogP contribution < -0.4 is 5.32 Å². The minimum Gasteiger partial charge on any atom is -0.480 e. The van der Waals surface area contributed by atoms with Crippen molar-refractivity contribution in [3.05, 3.63) is 17.5 Å². The van der Waals surface area contributed by atoms with E-state index < -0.39 is 17.9 Å². The summed E-state index contributed by atoms with van der Waals surface area (Å²) in [6, 6.07) is 0.402. The van der Waals surface area contributed by atoms with E-state index in [2.05, 4.69) is 10.5 Å². The maximum Gasteiger partial charge on any atom is 0.328 e. The number of hydrogen-bond acceptors (Lipinski definition) is 5. The van der Waals surface area contributed by atoms with Crippen LogP contribution in [0.15, 0.2) is 10.6 Å². The van der Waals surface area contributed by atoms with E-state index in [0.29, 0.717) is 12.2 Å². The van der Waals surface area contributed by atoms with E-state index in [4.69, 9.17) is 14.4 Å². The average Bonchev–Trinajstić information content (AvgIpc) is 2.77. The summed E-state index contributed by atoms with van der Waals surface area (Å²) in [5.74, 6) is -1.16. The summed E-state index contributed by atoms with van der Waals surface area (Å²) >= 11 is 0. The van der Waals surface area contributed by atoms with Gasteiger partial charge in [0.1, 0.15) is 5.76 Å². The van der Waals surface area contributed by atoms with Crippen LogP contribution in [0.25, 0.3) is 0 Å². The van der Waals surface area contributed by atoms with E-state index in [1.165, 1.54) is 13.2 Å². The van der Waals surface area contributed by atoms with E-state index in [1.54, 1.807) is 0 Å². The van der Waals surface area contributed by atoms with Gasteiger partial charge in [0.15, 0.2) is 11.7 Å². The molecule has 1 heterocycles. The first-order valence-corrected chi connectivity index (χ1v) is 5.56. The fourth-order valence-electron chi connectivity index (χ4n) is 1.36. The Bertz CT molecular complexity index is 415. The number of amides is 1. The molecule has 0 aliphatic heterocycles. The van der Waals surface area contributed by atoms with Crippen molar-refractivity contribution in [1.82, 2.24) is 10.5 Å². The molecule has 0 fully saturated rings. The van der Waals surface area contributed by atoms with Crippen LogP contribution in [0, 0.1) is 0 Å². The number of aromatic nitrogens is 1. The SMILES string of the molecule is CCCc1cc(C(=O)NC(COC)C(=O)O)no1. The van der Waals surface area contributed by atoms with E-state index in [-0.39, 0.29) is 12.3 Å². The summed E-state index contributed by atoms with van der Waals surface area (Å²) in [5.41, 5.74) is 0.0702. The zero-order valence-electron chi connectivity index (χ0n) is 10.3. The van der Waals surface area contributed by atoms with Gasteiger partial charge in [0.05, 0.1) is 6.61 Å². The van der Waals surface area contributed by atoms with Gasteiger partial charge in [-0.05, 0) is 6.42 Å². The molecular weight excluding hydrogens is 240 g/mol. The van der Waals surface area contributed by atoms with Crippen LogP contribution in [-0.2, 0) is 16.0 Å². The van der Waals surface area contributed by atoms with Gasteiger partial charge in [-0.3, -0.25) is 4.79 Å². The van der Waals surface area contributed by atoms with Gasteiger partial charge in [0.2, 0.25) is 0 Å². The van der Waals surface area contributed by atoms with Crippen molar-refractivity contribution in [1.29, 1.82) is 0 Å². The Kier molecular flexibility index (Phi) is 5.31. The van der Waals surface area contributed by atoms with E-state index in [0.717, 1.165) is 6.42 Å². The van der Waals surface area contributed by atoms with Crippen LogP contribution in [0.5, 0.6) is 0 Å². The van der Waals surface area contributed by atoms with E-state index >= 15 is 0 Å². The normalized spacial score (nSPS) is 12.1. The summed E-state index contributed by atoms with van der Waals surface area (Å²) in [5, 5.41) is 14.7. The molecule has 7 heteroatoms. The molecule has 18 heavy (non-hydrogen) atoms. The van der Waals surface area contributed by atoms with Crippen LogP contribution >= 0.6 is 0 Å². The lowest BCUT2D eigenvalue weighted by atomic mass is 10.2. The van der Waals surface area contributed by atoms with Crippen molar-refractivity contribution in [3.8, 4) is 0 Å². The first kappa shape index (κ1) is 14.2. The lowest BCUT2D eigenvalue weighted by molar-refractivity contribution is -0.140. The van der Waals surface area contributed by atoms with Crippen LogP contribution in [-0.4, -0.2) is 41.9 Å². The van der Waals surface area contributed by atoms with Gasteiger partial charge in [-0.2, -0.15) is 0 Å². The molecule has 2 N–H and O–H groups in total. The molecule has 100 valence electrons. The molecule has 0 aliphatic carbocycles. The summed E-state index contributed by atoms with van der Waals surface area (Å²) in [7, 11) is 1.36. The molecule has 0 radical (unpaired) electrons. The van der Waals surface area contributed by atoms with Crippen molar-refractivity contribution in [2.45, 2.75) is 25.8 Å². The van der Waals surface area contributed by atoms with Crippen LogP contribution in [0.3, 0.4) is 0 Å². The van der Waals surface area contributed by atoms with Gasteiger partial charge in [0, 0.05) is 19.6 Å². The Balaban J connectivity index is 2.64. The zero-order chi connectivity index (χ0) is 13.5. The molecule has 1 aromatic rings. The molecule has 0 bridgehead atoms. The van der Waals surface area contributed by atoms with Crippen LogP contribution in [0.4, 0.5) is 0 Å². The van der Waals surface area contributed by atoms with E-state index in [1.807, 2.05) is 6.92 Å². The average molecular weight is 256 g/mol. The number of carboxylic acid groups (broad SMARTS) is 1. The molecule has 1 aromatic heterocycles. The number of hydrogen-bond donors (Lipinski definition) is 2. The smallest absolute Gasteiger partial charge is 0.328 e. The first-order valence-electron chi connectivity index (χ1n) is 5.56. The first-order chi connectivity index (χ1) is 8.58. The topological polar surface area (TPSA) is 102 Å². The third-order valence-electron chi connectivity index (χ3n) is 2.22. The fraction of sp³-hybridized carbons (Fsp3) is 0.545. The molecule has 7 nitrogen and oxygen atoms in total. The summed E-state index contributed by atoms with van der Waals surface area (Å²) in [6.07, 6.45) is 1.55. The highest BCUT2D eigenvalue weighted by Crippen LogP contribution is 2.06. The van der Waals surface area contributed by atoms with Crippen LogP contribution in [0.2, 0.25) is 0 Å². The number of carbonyl (C=O) groups is 2. The zero-order valence-corrected chi connectivity index (χ0v) is 10.3. The van der Waals surface area contributed by atoms with Crippen molar-refractivity contribution in [3.63, 3.8) is 0 Å². The number of rotatable bonds is 7. The highest BCUT2D eigenvalue weighted by molar-refractivity contribution is 5.94. The van der Waals surface area contributed by atoms with Gasteiger partial charge in [-0.1, -0.05) is 12.1 Å². The standard InChI is InChI=1S/C11H16N2O5/c1-3-4-7-5-8(13-18-7)10(14)12-9(6-17-2)11(15)16/h5,9H,3-4,6H2,1-2H3,(H,12,14)(H,15,16). The predicted molar refractivity (Wildman–Crippen MR) is 61.3 cm³/mol. The molecule has 0 saturated carbocycles. The highest BCUT2D eigenvalue weighted by atomic mass is 16.5. The number of nitrogens with one attached hydrogen (secondary N) is 1. The minimum atomic E-state index is -1.16. The Morgan fingerprint density at radius 3 is 2.89 bits per heavy atom. The summed E-state index contributed by atoms with van der Waals surface area (Å²) in [4.78, 5) is 22.5. The number of aliphatic carboxylic acids is 1. The Morgan fingerprint density at radius 1 is 1.61 bits per heavy atom. The third-order valence-corrected chi connectivity index (χ3v) is 2.22. The molecule has 0 aromatic carbocycles. The Labute approximate surface area is 104 Å². The number of aryl methyl sites for hydroxylation is 1. The van der Waals surface area contributed by atoms with Crippen LogP contribution in [0.1, 0.15) is 29.6 Å². The second-order valence-electron chi connectivity index (χ2n) is 3.75. The molecule has 0 spiro atoms. The largest absolute Gasteiger partial charge is 0.480 e. The predicted octanol–water partition coefficient (Wildman–Crippen LogP) is 0.456. The highest BCUT2D eigenvalue weighted by Gasteiger charge is 2.22. The van der Waals surface area contributed by atoms with Crippen molar-refractivity contribution >= 4 is 11.9 Å². The minimum absolute atomic E-state index is 0.0702. The number of ether oxygens (including phenoxy) is 1. The maximum atomic E-state index is 11.7. The molecule has 1 atom stereocenters. The van der Waals surface area contributed by atoms with Crippen molar-refractivity contribution in [2.24, 2.45) is 0 Å².